The van der Waals surface area contributed by atoms with E-state index in [1.807, 2.05) is 19.1 Å². The van der Waals surface area contributed by atoms with Gasteiger partial charge in [0.1, 0.15) is 29.6 Å². The van der Waals surface area contributed by atoms with Crippen molar-refractivity contribution in [1.29, 1.82) is 0 Å². The third-order valence-corrected chi connectivity index (χ3v) is 5.23. The van der Waals surface area contributed by atoms with Crippen LogP contribution < -0.4 is 15.4 Å². The molecule has 2 aromatic heterocycles. The Morgan fingerprint density at radius 3 is 2.52 bits per heavy atom. The lowest BCUT2D eigenvalue weighted by atomic mass is 10.2. The lowest BCUT2D eigenvalue weighted by molar-refractivity contribution is 0.575. The van der Waals surface area contributed by atoms with Crippen molar-refractivity contribution in [3.05, 3.63) is 71.9 Å². The Hall–Kier alpha value is -3.11. The highest BCUT2D eigenvalue weighted by molar-refractivity contribution is 7.88. The Morgan fingerprint density at radius 2 is 1.72 bits per heavy atom. The summed E-state index contributed by atoms with van der Waals surface area (Å²) >= 11 is 0. The number of sulfonamides is 1. The molecule has 0 amide bonds. The van der Waals surface area contributed by atoms with Gasteiger partial charge in [-0.15, -0.1) is 0 Å². The van der Waals surface area contributed by atoms with Crippen LogP contribution in [0.15, 0.2) is 55.0 Å². The van der Waals surface area contributed by atoms with Gasteiger partial charge in [0.05, 0.1) is 5.75 Å². The number of pyridine rings is 1. The molecule has 0 saturated heterocycles. The zero-order valence-electron chi connectivity index (χ0n) is 15.8. The average Bonchev–Trinajstić information content (AvgIpc) is 2.67. The predicted octanol–water partition coefficient (Wildman–Crippen LogP) is 2.59. The fourth-order valence-corrected chi connectivity index (χ4v) is 3.69. The van der Waals surface area contributed by atoms with Crippen LogP contribution in [-0.2, 0) is 15.8 Å². The molecule has 8 nitrogen and oxygen atoms in total. The van der Waals surface area contributed by atoms with Crippen molar-refractivity contribution in [2.45, 2.75) is 12.7 Å². The third-order valence-electron chi connectivity index (χ3n) is 3.90. The lowest BCUT2D eigenvalue weighted by Gasteiger charge is -2.10. The Morgan fingerprint density at radius 1 is 0.966 bits per heavy atom. The maximum absolute atomic E-state index is 13.6. The van der Waals surface area contributed by atoms with Gasteiger partial charge in [-0.2, -0.15) is 0 Å². The quantitative estimate of drug-likeness (QED) is 0.460. The summed E-state index contributed by atoms with van der Waals surface area (Å²) in [5, 5.41) is 6.10. The van der Waals surface area contributed by atoms with E-state index < -0.39 is 21.6 Å². The Labute approximate surface area is 168 Å². The summed E-state index contributed by atoms with van der Waals surface area (Å²) in [6.07, 6.45) is 3.09. The first kappa shape index (κ1) is 20.6. The zero-order valence-corrected chi connectivity index (χ0v) is 16.6. The fourth-order valence-electron chi connectivity index (χ4n) is 2.53. The molecule has 0 bridgehead atoms. The van der Waals surface area contributed by atoms with Crippen LogP contribution >= 0.6 is 0 Å². The number of hydrogen-bond donors (Lipinski definition) is 3. The molecule has 0 radical (unpaired) electrons. The molecule has 1 aromatic carbocycles. The van der Waals surface area contributed by atoms with E-state index in [0.717, 1.165) is 5.56 Å². The van der Waals surface area contributed by atoms with Crippen molar-refractivity contribution in [2.75, 3.05) is 23.7 Å². The van der Waals surface area contributed by atoms with Gasteiger partial charge in [0, 0.05) is 30.9 Å². The standard InChI is InChI=1S/C19H21FN6O2S/c1-14-6-7-21-18(10-14)26-19-11-17(23-13-24-19)22-8-9-25-29(27,28)12-15-4-2-3-5-16(15)20/h2-7,10-11,13,25H,8-9,12H2,1H3,(H2,21,22,23,24,26). The smallest absolute Gasteiger partial charge is 0.215 e. The van der Waals surface area contributed by atoms with E-state index in [0.29, 0.717) is 24.0 Å². The summed E-state index contributed by atoms with van der Waals surface area (Å²) in [4.78, 5) is 12.5. The van der Waals surface area contributed by atoms with E-state index in [9.17, 15) is 12.8 Å². The second-order valence-electron chi connectivity index (χ2n) is 6.30. The molecule has 3 rings (SSSR count). The summed E-state index contributed by atoms with van der Waals surface area (Å²) in [7, 11) is -3.65. The first-order chi connectivity index (χ1) is 13.9. The highest BCUT2D eigenvalue weighted by atomic mass is 32.2. The molecule has 2 heterocycles. The number of nitrogens with zero attached hydrogens (tertiary/aromatic N) is 3. The van der Waals surface area contributed by atoms with Crippen molar-refractivity contribution in [2.24, 2.45) is 0 Å². The molecule has 0 unspecified atom stereocenters. The average molecular weight is 416 g/mol. The molecule has 152 valence electrons. The van der Waals surface area contributed by atoms with Crippen molar-refractivity contribution < 1.29 is 12.8 Å². The predicted molar refractivity (Wildman–Crippen MR) is 110 cm³/mol. The van der Waals surface area contributed by atoms with Crippen LogP contribution in [0, 0.1) is 12.7 Å². The largest absolute Gasteiger partial charge is 0.369 e. The number of hydrogen-bond acceptors (Lipinski definition) is 7. The van der Waals surface area contributed by atoms with E-state index in [1.165, 1.54) is 24.5 Å². The first-order valence-corrected chi connectivity index (χ1v) is 10.5. The Bertz CT molecular complexity index is 1080. The van der Waals surface area contributed by atoms with Crippen LogP contribution in [0.5, 0.6) is 0 Å². The van der Waals surface area contributed by atoms with Crippen molar-refractivity contribution >= 4 is 27.5 Å². The summed E-state index contributed by atoms with van der Waals surface area (Å²) in [6, 6.07) is 11.3. The van der Waals surface area contributed by atoms with Gasteiger partial charge < -0.3 is 10.6 Å². The number of benzene rings is 1. The molecule has 0 aliphatic heterocycles. The molecule has 0 aliphatic rings. The molecule has 3 aromatic rings. The van der Waals surface area contributed by atoms with Gasteiger partial charge in [-0.25, -0.2) is 32.5 Å². The Kier molecular flexibility index (Phi) is 6.68. The molecule has 0 spiro atoms. The van der Waals surface area contributed by atoms with Crippen LogP contribution in [0.3, 0.4) is 0 Å². The number of rotatable bonds is 9. The third kappa shape index (κ3) is 6.47. The minimum absolute atomic E-state index is 0.128. The van der Waals surface area contributed by atoms with Crippen LogP contribution in [0.2, 0.25) is 0 Å². The highest BCUT2D eigenvalue weighted by Gasteiger charge is 2.13. The minimum Gasteiger partial charge on any atom is -0.369 e. The molecule has 29 heavy (non-hydrogen) atoms. The first-order valence-electron chi connectivity index (χ1n) is 8.88. The highest BCUT2D eigenvalue weighted by Crippen LogP contribution is 2.15. The Balaban J connectivity index is 1.50. The van der Waals surface area contributed by atoms with Gasteiger partial charge >= 0.3 is 0 Å². The van der Waals surface area contributed by atoms with E-state index in [4.69, 9.17) is 0 Å². The lowest BCUT2D eigenvalue weighted by Crippen LogP contribution is -2.30. The summed E-state index contributed by atoms with van der Waals surface area (Å²) in [5.74, 6) is 0.796. The van der Waals surface area contributed by atoms with Gasteiger partial charge in [0.15, 0.2) is 0 Å². The van der Waals surface area contributed by atoms with Gasteiger partial charge in [0.25, 0.3) is 0 Å². The van der Waals surface area contributed by atoms with Crippen molar-refractivity contribution in [1.82, 2.24) is 19.7 Å². The van der Waals surface area contributed by atoms with Gasteiger partial charge in [-0.3, -0.25) is 0 Å². The molecule has 10 heteroatoms. The van der Waals surface area contributed by atoms with E-state index in [-0.39, 0.29) is 12.1 Å². The number of aryl methyl sites for hydroxylation is 1. The summed E-state index contributed by atoms with van der Waals surface area (Å²) in [5.41, 5.74) is 1.20. The van der Waals surface area contributed by atoms with Crippen LogP contribution in [-0.4, -0.2) is 36.5 Å². The van der Waals surface area contributed by atoms with Gasteiger partial charge in [0.2, 0.25) is 10.0 Å². The number of halogens is 1. The van der Waals surface area contributed by atoms with E-state index in [1.54, 1.807) is 18.3 Å². The van der Waals surface area contributed by atoms with Gasteiger partial charge in [-0.1, -0.05) is 18.2 Å². The summed E-state index contributed by atoms with van der Waals surface area (Å²) in [6.45, 7) is 2.39. The molecule has 0 aliphatic carbocycles. The molecular weight excluding hydrogens is 395 g/mol. The topological polar surface area (TPSA) is 109 Å². The normalized spacial score (nSPS) is 11.2. The molecule has 0 fully saturated rings. The van der Waals surface area contributed by atoms with E-state index >= 15 is 0 Å². The van der Waals surface area contributed by atoms with E-state index in [2.05, 4.69) is 30.3 Å². The SMILES string of the molecule is Cc1ccnc(Nc2cc(NCCNS(=O)(=O)Cc3ccccc3F)ncn2)c1. The van der Waals surface area contributed by atoms with Crippen LogP contribution in [0.25, 0.3) is 0 Å². The maximum atomic E-state index is 13.6. The zero-order chi connectivity index (χ0) is 20.7. The number of aromatic nitrogens is 3. The second-order valence-corrected chi connectivity index (χ2v) is 8.11. The molecule has 0 atom stereocenters. The number of nitrogens with one attached hydrogen (secondary N) is 3. The molecular formula is C19H21FN6O2S. The number of anilines is 3. The summed E-state index contributed by atoms with van der Waals surface area (Å²) < 4.78 is 40.3. The van der Waals surface area contributed by atoms with Crippen LogP contribution in [0.4, 0.5) is 21.8 Å². The molecule has 3 N–H and O–H groups in total. The maximum Gasteiger partial charge on any atom is 0.215 e. The van der Waals surface area contributed by atoms with Crippen molar-refractivity contribution in [3.63, 3.8) is 0 Å². The minimum atomic E-state index is -3.65. The fraction of sp³-hybridized carbons (Fsp3) is 0.211. The second kappa shape index (κ2) is 9.39. The van der Waals surface area contributed by atoms with Crippen molar-refractivity contribution in [3.8, 4) is 0 Å². The van der Waals surface area contributed by atoms with Gasteiger partial charge in [-0.05, 0) is 30.7 Å². The monoisotopic (exact) mass is 416 g/mol. The molecule has 0 saturated carbocycles. The van der Waals surface area contributed by atoms with Crippen LogP contribution in [0.1, 0.15) is 11.1 Å².